The van der Waals surface area contributed by atoms with Gasteiger partial charge in [-0.25, -0.2) is 17.8 Å². The monoisotopic (exact) mass is 399 g/mol. The smallest absolute Gasteiger partial charge is 0.165 e. The summed E-state index contributed by atoms with van der Waals surface area (Å²) >= 11 is 0. The molecule has 0 aliphatic carbocycles. The van der Waals surface area contributed by atoms with Crippen LogP contribution in [0.25, 0.3) is 0 Å². The first kappa shape index (κ1) is 20.0. The van der Waals surface area contributed by atoms with Crippen LogP contribution in [-0.4, -0.2) is 29.7 Å². The van der Waals surface area contributed by atoms with Crippen molar-refractivity contribution in [1.29, 1.82) is 0 Å². The van der Waals surface area contributed by atoms with Crippen molar-refractivity contribution in [2.75, 3.05) is 5.75 Å². The van der Waals surface area contributed by atoms with Crippen LogP contribution in [0.5, 0.6) is 0 Å². The lowest BCUT2D eigenvalue weighted by Gasteiger charge is -2.37. The lowest BCUT2D eigenvalue weighted by atomic mass is 9.98. The molecule has 2 aromatic rings. The molecule has 3 rings (SSSR count). The van der Waals surface area contributed by atoms with Crippen molar-refractivity contribution < 1.29 is 12.8 Å². The predicted molar refractivity (Wildman–Crippen MR) is 108 cm³/mol. The topological polar surface area (TPSA) is 85.4 Å². The first-order valence-corrected chi connectivity index (χ1v) is 10.4. The molecule has 0 bridgehead atoms. The fraction of sp³-hybridized carbons (Fsp3) is 0.333. The molecular formula is C21H22FN3O2S. The standard InChI is InChI=1S/C21H22FN3O2S/c1-14-5-7-15(8-6-14)9-10-16-11-12-17(22)18(24-16)21(4)13-28(26,27)20(2,3)19(23)25-21/h5-8,11-12H,13H2,1-4H3,(H2,23,25)/t21-/m1/s1. The SMILES string of the molecule is Cc1ccc(C#Cc2ccc(F)c([C@@]3(C)CS(=O)(=O)C(C)(C)C(N)=N3)n2)cc1. The number of halogens is 1. The maximum absolute atomic E-state index is 14.6. The van der Waals surface area contributed by atoms with Crippen molar-refractivity contribution in [2.45, 2.75) is 38.0 Å². The molecule has 28 heavy (non-hydrogen) atoms. The van der Waals surface area contributed by atoms with Crippen LogP contribution >= 0.6 is 0 Å². The molecule has 0 unspecified atom stereocenters. The second-order valence-electron chi connectivity index (χ2n) is 7.68. The van der Waals surface area contributed by atoms with Crippen LogP contribution in [0.2, 0.25) is 0 Å². The highest BCUT2D eigenvalue weighted by molar-refractivity contribution is 7.93. The molecule has 0 saturated carbocycles. The molecule has 1 aliphatic heterocycles. The Morgan fingerprint density at radius 1 is 1.07 bits per heavy atom. The summed E-state index contributed by atoms with van der Waals surface area (Å²) in [6.45, 7) is 6.49. The first-order chi connectivity index (χ1) is 12.9. The van der Waals surface area contributed by atoms with E-state index in [4.69, 9.17) is 5.73 Å². The van der Waals surface area contributed by atoms with Crippen molar-refractivity contribution >= 4 is 15.7 Å². The predicted octanol–water partition coefficient (Wildman–Crippen LogP) is 2.71. The normalized spacial score (nSPS) is 22.7. The Kier molecular flexibility index (Phi) is 4.80. The molecule has 0 amide bonds. The molecule has 1 aromatic carbocycles. The lowest BCUT2D eigenvalue weighted by Crippen LogP contribution is -2.55. The van der Waals surface area contributed by atoms with Gasteiger partial charge in [-0.05, 0) is 57.9 Å². The molecule has 0 fully saturated rings. The number of nitrogens with zero attached hydrogens (tertiary/aromatic N) is 2. The largest absolute Gasteiger partial charge is 0.386 e. The number of aliphatic imine (C=N–C) groups is 1. The number of benzene rings is 1. The van der Waals surface area contributed by atoms with E-state index in [-0.39, 0.29) is 17.3 Å². The van der Waals surface area contributed by atoms with Crippen LogP contribution < -0.4 is 5.73 Å². The maximum Gasteiger partial charge on any atom is 0.165 e. The highest BCUT2D eigenvalue weighted by Crippen LogP contribution is 2.36. The van der Waals surface area contributed by atoms with Crippen molar-refractivity contribution in [1.82, 2.24) is 4.98 Å². The van der Waals surface area contributed by atoms with Gasteiger partial charge in [-0.1, -0.05) is 23.6 Å². The summed E-state index contributed by atoms with van der Waals surface area (Å²) in [5.41, 5.74) is 6.69. The lowest BCUT2D eigenvalue weighted by molar-refractivity contribution is 0.461. The quantitative estimate of drug-likeness (QED) is 0.747. The minimum atomic E-state index is -3.65. The van der Waals surface area contributed by atoms with E-state index in [1.165, 1.54) is 32.9 Å². The van der Waals surface area contributed by atoms with Gasteiger partial charge in [0, 0.05) is 5.56 Å². The number of sulfone groups is 1. The Labute approximate surface area is 164 Å². The zero-order valence-corrected chi connectivity index (χ0v) is 17.1. The Balaban J connectivity index is 2.05. The van der Waals surface area contributed by atoms with Crippen molar-refractivity contribution in [3.8, 4) is 11.8 Å². The number of aryl methyl sites for hydroxylation is 1. The number of aromatic nitrogens is 1. The molecule has 2 N–H and O–H groups in total. The number of amidine groups is 1. The van der Waals surface area contributed by atoms with Gasteiger partial charge in [-0.2, -0.15) is 0 Å². The van der Waals surface area contributed by atoms with Gasteiger partial charge in [0.05, 0.1) is 5.75 Å². The maximum atomic E-state index is 14.6. The van der Waals surface area contributed by atoms with Crippen LogP contribution in [0.4, 0.5) is 4.39 Å². The van der Waals surface area contributed by atoms with Gasteiger partial charge in [-0.15, -0.1) is 0 Å². The Morgan fingerprint density at radius 3 is 2.32 bits per heavy atom. The van der Waals surface area contributed by atoms with Gasteiger partial charge < -0.3 is 5.73 Å². The van der Waals surface area contributed by atoms with Gasteiger partial charge in [-0.3, -0.25) is 4.99 Å². The van der Waals surface area contributed by atoms with Crippen molar-refractivity contribution in [2.24, 2.45) is 10.7 Å². The summed E-state index contributed by atoms with van der Waals surface area (Å²) in [5.74, 6) is 4.79. The second-order valence-corrected chi connectivity index (χ2v) is 10.2. The van der Waals surface area contributed by atoms with Gasteiger partial charge in [0.25, 0.3) is 0 Å². The minimum absolute atomic E-state index is 0.0569. The number of nitrogens with two attached hydrogens (primary N) is 1. The average molecular weight is 399 g/mol. The van der Waals surface area contributed by atoms with Crippen LogP contribution in [-0.2, 0) is 15.4 Å². The Bertz CT molecular complexity index is 1130. The van der Waals surface area contributed by atoms with E-state index in [1.807, 2.05) is 31.2 Å². The molecule has 7 heteroatoms. The number of hydrogen-bond donors (Lipinski definition) is 1. The van der Waals surface area contributed by atoms with E-state index in [1.54, 1.807) is 0 Å². The van der Waals surface area contributed by atoms with E-state index < -0.39 is 25.9 Å². The highest BCUT2D eigenvalue weighted by atomic mass is 32.2. The Hall–Kier alpha value is -2.72. The van der Waals surface area contributed by atoms with E-state index in [9.17, 15) is 12.8 Å². The molecule has 0 radical (unpaired) electrons. The van der Waals surface area contributed by atoms with Gasteiger partial charge >= 0.3 is 0 Å². The summed E-state index contributed by atoms with van der Waals surface area (Å²) in [4.78, 5) is 8.60. The van der Waals surface area contributed by atoms with Crippen molar-refractivity contribution in [3.05, 3.63) is 64.7 Å². The van der Waals surface area contributed by atoms with E-state index >= 15 is 0 Å². The molecule has 1 atom stereocenters. The summed E-state index contributed by atoms with van der Waals surface area (Å²) in [6.07, 6.45) is 0. The number of rotatable bonds is 1. The summed E-state index contributed by atoms with van der Waals surface area (Å²) < 4.78 is 38.7. The fourth-order valence-corrected chi connectivity index (χ4v) is 4.59. The van der Waals surface area contributed by atoms with Crippen molar-refractivity contribution in [3.63, 3.8) is 0 Å². The zero-order valence-electron chi connectivity index (χ0n) is 16.2. The third kappa shape index (κ3) is 3.52. The average Bonchev–Trinajstić information content (AvgIpc) is 2.60. The third-order valence-electron chi connectivity index (χ3n) is 4.98. The van der Waals surface area contributed by atoms with Gasteiger partial charge in [0.2, 0.25) is 0 Å². The van der Waals surface area contributed by atoms with E-state index in [0.717, 1.165) is 11.1 Å². The molecule has 5 nitrogen and oxygen atoms in total. The summed E-state index contributed by atoms with van der Waals surface area (Å²) in [6, 6.07) is 10.3. The third-order valence-corrected chi connectivity index (χ3v) is 7.68. The molecule has 0 spiro atoms. The molecule has 1 aliphatic rings. The van der Waals surface area contributed by atoms with Crippen LogP contribution in [0.15, 0.2) is 41.4 Å². The molecule has 146 valence electrons. The molecule has 1 aromatic heterocycles. The molecule has 0 saturated heterocycles. The zero-order chi connectivity index (χ0) is 20.7. The van der Waals surface area contributed by atoms with Crippen LogP contribution in [0, 0.1) is 24.6 Å². The number of pyridine rings is 1. The van der Waals surface area contributed by atoms with Gasteiger partial charge in [0.15, 0.2) is 9.84 Å². The second kappa shape index (κ2) is 6.71. The summed E-state index contributed by atoms with van der Waals surface area (Å²) in [7, 11) is -3.65. The van der Waals surface area contributed by atoms with Crippen LogP contribution in [0.3, 0.4) is 0 Å². The minimum Gasteiger partial charge on any atom is -0.386 e. The molecular weight excluding hydrogens is 377 g/mol. The molecule has 2 heterocycles. The van der Waals surface area contributed by atoms with Gasteiger partial charge in [0.1, 0.15) is 33.3 Å². The first-order valence-electron chi connectivity index (χ1n) is 8.78. The fourth-order valence-electron chi connectivity index (χ4n) is 2.93. The highest BCUT2D eigenvalue weighted by Gasteiger charge is 2.50. The van der Waals surface area contributed by atoms with E-state index in [0.29, 0.717) is 5.69 Å². The number of hydrogen-bond acceptors (Lipinski definition) is 5. The summed E-state index contributed by atoms with van der Waals surface area (Å²) in [5, 5.41) is 0. The van der Waals surface area contributed by atoms with Crippen LogP contribution in [0.1, 0.15) is 43.3 Å². The Morgan fingerprint density at radius 2 is 1.71 bits per heavy atom. The van der Waals surface area contributed by atoms with E-state index in [2.05, 4.69) is 21.8 Å².